The van der Waals surface area contributed by atoms with Crippen LogP contribution in [0, 0.1) is 0 Å². The molecule has 0 amide bonds. The number of hydrogen-bond acceptors (Lipinski definition) is 6. The lowest BCUT2D eigenvalue weighted by Gasteiger charge is -2.19. The van der Waals surface area contributed by atoms with Crippen LogP contribution in [0.3, 0.4) is 0 Å². The second kappa shape index (κ2) is 8.21. The Hall–Kier alpha value is -1.14. The molecule has 0 saturated carbocycles. The van der Waals surface area contributed by atoms with Crippen LogP contribution >= 0.6 is 0 Å². The first-order chi connectivity index (χ1) is 8.99. The van der Waals surface area contributed by atoms with E-state index in [1.54, 1.807) is 0 Å². The fraction of sp³-hybridized carbons (Fsp3) is 0.857. The molecule has 0 aliphatic carbocycles. The second-order valence-corrected chi connectivity index (χ2v) is 6.28. The molecular weight excluding hydrogens is 264 g/mol. The Balaban J connectivity index is 3.66. The average Bonchev–Trinajstić information content (AvgIpc) is 2.22. The van der Waals surface area contributed by atoms with E-state index >= 15 is 0 Å². The molecule has 0 N–H and O–H groups in total. The van der Waals surface area contributed by atoms with E-state index in [4.69, 9.17) is 18.9 Å². The van der Waals surface area contributed by atoms with E-state index in [0.29, 0.717) is 0 Å². The summed E-state index contributed by atoms with van der Waals surface area (Å²) < 4.78 is 20.1. The maximum atomic E-state index is 11.3. The molecule has 0 aliphatic heterocycles. The number of carbonyl (C=O) groups excluding carboxylic acids is 2. The Morgan fingerprint density at radius 2 is 1.00 bits per heavy atom. The van der Waals surface area contributed by atoms with Gasteiger partial charge in [0.1, 0.15) is 0 Å². The van der Waals surface area contributed by atoms with E-state index in [9.17, 15) is 9.59 Å². The third-order valence-corrected chi connectivity index (χ3v) is 1.96. The fourth-order valence-electron chi connectivity index (χ4n) is 0.892. The van der Waals surface area contributed by atoms with Crippen LogP contribution in [0.1, 0.15) is 54.4 Å². The molecule has 0 aromatic rings. The third kappa shape index (κ3) is 13.3. The predicted molar refractivity (Wildman–Crippen MR) is 72.8 cm³/mol. The molecule has 0 bridgehead atoms. The van der Waals surface area contributed by atoms with E-state index in [1.807, 2.05) is 41.5 Å². The van der Waals surface area contributed by atoms with Gasteiger partial charge < -0.3 is 18.9 Å². The van der Waals surface area contributed by atoms with Crippen molar-refractivity contribution in [2.75, 3.05) is 13.6 Å². The van der Waals surface area contributed by atoms with Crippen LogP contribution in [0.2, 0.25) is 0 Å². The minimum Gasteiger partial charge on any atom is -0.438 e. The summed E-state index contributed by atoms with van der Waals surface area (Å²) in [6.07, 6.45) is -0.0797. The molecule has 6 heteroatoms. The van der Waals surface area contributed by atoms with E-state index in [-0.39, 0.29) is 37.6 Å². The van der Waals surface area contributed by atoms with Gasteiger partial charge in [-0.2, -0.15) is 0 Å². The summed E-state index contributed by atoms with van der Waals surface area (Å²) in [5.74, 6) is -0.995. The Labute approximate surface area is 120 Å². The molecule has 0 aromatic carbocycles. The molecule has 6 nitrogen and oxygen atoms in total. The highest BCUT2D eigenvalue weighted by Gasteiger charge is 2.14. The summed E-state index contributed by atoms with van der Waals surface area (Å²) in [5.41, 5.74) is -0.743. The Bertz CT molecular complexity index is 279. The number of carbonyl (C=O) groups is 2. The summed E-state index contributed by atoms with van der Waals surface area (Å²) in [6.45, 7) is 10.9. The van der Waals surface area contributed by atoms with Crippen molar-refractivity contribution in [1.82, 2.24) is 0 Å². The first-order valence-electron chi connectivity index (χ1n) is 6.59. The summed E-state index contributed by atoms with van der Waals surface area (Å²) in [6, 6.07) is 0. The molecule has 0 aromatic heterocycles. The van der Waals surface area contributed by atoms with Crippen molar-refractivity contribution < 1.29 is 28.5 Å². The van der Waals surface area contributed by atoms with Crippen LogP contribution < -0.4 is 0 Å². The van der Waals surface area contributed by atoms with Gasteiger partial charge in [-0.05, 0) is 41.5 Å². The zero-order valence-electron chi connectivity index (χ0n) is 13.3. The molecule has 0 aliphatic rings. The van der Waals surface area contributed by atoms with Crippen LogP contribution in [0.4, 0.5) is 0 Å². The van der Waals surface area contributed by atoms with Crippen LogP contribution in [0.25, 0.3) is 0 Å². The molecule has 0 fully saturated rings. The normalized spacial score (nSPS) is 12.1. The lowest BCUT2D eigenvalue weighted by molar-refractivity contribution is -0.173. The molecule has 0 atom stereocenters. The highest BCUT2D eigenvalue weighted by atomic mass is 16.7. The summed E-state index contributed by atoms with van der Waals surface area (Å²) in [4.78, 5) is 22.7. The first kappa shape index (κ1) is 18.9. The standard InChI is InChI=1S/C14H26O6/c1-13(2,3)19-9-17-11(15)7-8-12(16)18-10-20-14(4,5)6/h7-10H2,1-6H3. The molecule has 0 unspecified atom stereocenters. The monoisotopic (exact) mass is 290 g/mol. The van der Waals surface area contributed by atoms with Crippen LogP contribution in [0.15, 0.2) is 0 Å². The molecule has 0 heterocycles. The van der Waals surface area contributed by atoms with Crippen molar-refractivity contribution in [3.05, 3.63) is 0 Å². The summed E-state index contributed by atoms with van der Waals surface area (Å²) in [5, 5.41) is 0. The Morgan fingerprint density at radius 3 is 1.25 bits per heavy atom. The van der Waals surface area contributed by atoms with Gasteiger partial charge >= 0.3 is 11.9 Å². The van der Waals surface area contributed by atoms with Crippen molar-refractivity contribution in [2.45, 2.75) is 65.6 Å². The van der Waals surface area contributed by atoms with Crippen molar-refractivity contribution in [1.29, 1.82) is 0 Å². The lowest BCUT2D eigenvalue weighted by atomic mass is 10.2. The topological polar surface area (TPSA) is 71.1 Å². The van der Waals surface area contributed by atoms with E-state index in [0.717, 1.165) is 0 Å². The summed E-state index contributed by atoms with van der Waals surface area (Å²) >= 11 is 0. The lowest BCUT2D eigenvalue weighted by Crippen LogP contribution is -2.23. The van der Waals surface area contributed by atoms with Crippen molar-refractivity contribution in [3.8, 4) is 0 Å². The molecule has 20 heavy (non-hydrogen) atoms. The van der Waals surface area contributed by atoms with E-state index < -0.39 is 11.9 Å². The van der Waals surface area contributed by atoms with Gasteiger partial charge in [0.2, 0.25) is 0 Å². The number of rotatable bonds is 7. The Kier molecular flexibility index (Phi) is 7.75. The van der Waals surface area contributed by atoms with Gasteiger partial charge in [0.05, 0.1) is 24.0 Å². The minimum atomic E-state index is -0.497. The van der Waals surface area contributed by atoms with Gasteiger partial charge in [-0.25, -0.2) is 0 Å². The van der Waals surface area contributed by atoms with Crippen molar-refractivity contribution in [2.24, 2.45) is 0 Å². The quantitative estimate of drug-likeness (QED) is 0.529. The maximum Gasteiger partial charge on any atom is 0.308 e. The van der Waals surface area contributed by atoms with Gasteiger partial charge in [0, 0.05) is 0 Å². The highest BCUT2D eigenvalue weighted by Crippen LogP contribution is 2.08. The second-order valence-electron chi connectivity index (χ2n) is 6.28. The molecular formula is C14H26O6. The molecule has 0 radical (unpaired) electrons. The Morgan fingerprint density at radius 1 is 0.700 bits per heavy atom. The highest BCUT2D eigenvalue weighted by molar-refractivity contribution is 5.77. The van der Waals surface area contributed by atoms with Gasteiger partial charge in [-0.15, -0.1) is 0 Å². The molecule has 118 valence electrons. The molecule has 0 saturated heterocycles. The van der Waals surface area contributed by atoms with E-state index in [2.05, 4.69) is 0 Å². The average molecular weight is 290 g/mol. The minimum absolute atomic E-state index is 0.0398. The van der Waals surface area contributed by atoms with Gasteiger partial charge in [0.15, 0.2) is 13.6 Å². The van der Waals surface area contributed by atoms with Crippen LogP contribution in [0.5, 0.6) is 0 Å². The third-order valence-electron chi connectivity index (χ3n) is 1.96. The van der Waals surface area contributed by atoms with Crippen LogP contribution in [-0.2, 0) is 28.5 Å². The number of ether oxygens (including phenoxy) is 4. The zero-order valence-corrected chi connectivity index (χ0v) is 13.3. The molecule has 0 spiro atoms. The molecule has 0 rings (SSSR count). The van der Waals surface area contributed by atoms with Crippen LogP contribution in [-0.4, -0.2) is 36.7 Å². The SMILES string of the molecule is CC(C)(C)OCOC(=O)CCC(=O)OCOC(C)(C)C. The maximum absolute atomic E-state index is 11.3. The summed E-state index contributed by atoms with van der Waals surface area (Å²) in [7, 11) is 0. The van der Waals surface area contributed by atoms with Gasteiger partial charge in [0.25, 0.3) is 0 Å². The zero-order chi connectivity index (χ0) is 15.8. The smallest absolute Gasteiger partial charge is 0.308 e. The van der Waals surface area contributed by atoms with Gasteiger partial charge in [-0.3, -0.25) is 9.59 Å². The van der Waals surface area contributed by atoms with E-state index in [1.165, 1.54) is 0 Å². The first-order valence-corrected chi connectivity index (χ1v) is 6.59. The number of esters is 2. The fourth-order valence-corrected chi connectivity index (χ4v) is 0.892. The van der Waals surface area contributed by atoms with Gasteiger partial charge in [-0.1, -0.05) is 0 Å². The van der Waals surface area contributed by atoms with Crippen molar-refractivity contribution >= 4 is 11.9 Å². The largest absolute Gasteiger partial charge is 0.438 e. The predicted octanol–water partition coefficient (Wildman–Crippen LogP) is 2.40. The number of hydrogen-bond donors (Lipinski definition) is 0. The van der Waals surface area contributed by atoms with Crippen molar-refractivity contribution in [3.63, 3.8) is 0 Å².